The third kappa shape index (κ3) is 1.47. The average Bonchev–Trinajstić information content (AvgIpc) is 2.54. The molecule has 1 heterocycles. The molecular weight excluding hydrogens is 234 g/mol. The van der Waals surface area contributed by atoms with Crippen molar-refractivity contribution in [3.63, 3.8) is 0 Å². The van der Waals surface area contributed by atoms with Crippen LogP contribution < -0.4 is 5.73 Å². The first-order valence-corrected chi connectivity index (χ1v) is 7.70. The minimum atomic E-state index is 0.346. The van der Waals surface area contributed by atoms with Gasteiger partial charge in [-0.05, 0) is 62.7 Å². The largest absolute Gasteiger partial charge is 0.384 e. The van der Waals surface area contributed by atoms with Gasteiger partial charge in [0.15, 0.2) is 0 Å². The molecule has 0 aromatic carbocycles. The lowest BCUT2D eigenvalue weighted by atomic mass is 9.44. The molecule has 4 fully saturated rings. The predicted octanol–water partition coefficient (Wildman–Crippen LogP) is 3.17. The highest BCUT2D eigenvalue weighted by Crippen LogP contribution is 2.65. The Hall–Kier alpha value is -0.990. The lowest BCUT2D eigenvalue weighted by molar-refractivity contribution is -0.0635. The second-order valence-electron chi connectivity index (χ2n) is 8.03. The van der Waals surface area contributed by atoms with Crippen LogP contribution in [0.1, 0.15) is 56.7 Å². The van der Waals surface area contributed by atoms with Crippen LogP contribution in [-0.2, 0) is 12.5 Å². The SMILES string of the molecule is Cc1c(C23CC4CC(CC(C)(C4)C2)C3)nn(C)c1N. The van der Waals surface area contributed by atoms with Gasteiger partial charge in [0, 0.05) is 18.0 Å². The van der Waals surface area contributed by atoms with Gasteiger partial charge >= 0.3 is 0 Å². The summed E-state index contributed by atoms with van der Waals surface area (Å²) in [7, 11) is 1.98. The molecule has 0 amide bonds. The molecule has 2 N–H and O–H groups in total. The van der Waals surface area contributed by atoms with Crippen molar-refractivity contribution >= 4 is 5.82 Å². The van der Waals surface area contributed by atoms with Gasteiger partial charge in [-0.2, -0.15) is 5.10 Å². The van der Waals surface area contributed by atoms with E-state index in [1.54, 1.807) is 0 Å². The maximum absolute atomic E-state index is 6.15. The van der Waals surface area contributed by atoms with Crippen LogP contribution in [0.3, 0.4) is 0 Å². The first-order valence-electron chi connectivity index (χ1n) is 7.70. The summed E-state index contributed by atoms with van der Waals surface area (Å²) in [5, 5.41) is 4.82. The zero-order valence-corrected chi connectivity index (χ0v) is 12.4. The van der Waals surface area contributed by atoms with Gasteiger partial charge in [-0.3, -0.25) is 4.68 Å². The van der Waals surface area contributed by atoms with Crippen molar-refractivity contribution in [2.75, 3.05) is 5.73 Å². The van der Waals surface area contributed by atoms with Crippen molar-refractivity contribution < 1.29 is 0 Å². The van der Waals surface area contributed by atoms with Crippen LogP contribution in [0.25, 0.3) is 0 Å². The molecule has 104 valence electrons. The van der Waals surface area contributed by atoms with E-state index in [-0.39, 0.29) is 0 Å². The van der Waals surface area contributed by atoms with Crippen molar-refractivity contribution in [3.05, 3.63) is 11.3 Å². The van der Waals surface area contributed by atoms with Gasteiger partial charge in [0.1, 0.15) is 5.82 Å². The number of nitrogens with two attached hydrogens (primary N) is 1. The highest BCUT2D eigenvalue weighted by Gasteiger charge is 2.57. The molecule has 0 spiro atoms. The quantitative estimate of drug-likeness (QED) is 0.842. The first-order chi connectivity index (χ1) is 8.91. The van der Waals surface area contributed by atoms with Crippen LogP contribution in [0.15, 0.2) is 0 Å². The third-order valence-corrected chi connectivity index (χ3v) is 6.19. The normalized spacial score (nSPS) is 43.9. The number of aryl methyl sites for hydroxylation is 1. The molecule has 4 aliphatic rings. The maximum Gasteiger partial charge on any atom is 0.124 e. The van der Waals surface area contributed by atoms with Crippen molar-refractivity contribution in [2.24, 2.45) is 24.3 Å². The minimum Gasteiger partial charge on any atom is -0.384 e. The molecule has 4 aliphatic carbocycles. The zero-order valence-electron chi connectivity index (χ0n) is 12.4. The first kappa shape index (κ1) is 11.8. The van der Waals surface area contributed by atoms with Gasteiger partial charge in [-0.15, -0.1) is 0 Å². The molecule has 1 aromatic heterocycles. The molecule has 5 rings (SSSR count). The van der Waals surface area contributed by atoms with E-state index in [2.05, 4.69) is 13.8 Å². The number of rotatable bonds is 1. The summed E-state index contributed by atoms with van der Waals surface area (Å²) in [5.74, 6) is 2.73. The van der Waals surface area contributed by atoms with E-state index in [1.807, 2.05) is 11.7 Å². The number of anilines is 1. The molecule has 19 heavy (non-hydrogen) atoms. The molecule has 0 aliphatic heterocycles. The molecule has 3 nitrogen and oxygen atoms in total. The highest BCUT2D eigenvalue weighted by molar-refractivity contribution is 5.46. The van der Waals surface area contributed by atoms with E-state index in [9.17, 15) is 0 Å². The number of aromatic nitrogens is 2. The van der Waals surface area contributed by atoms with Crippen molar-refractivity contribution in [1.82, 2.24) is 9.78 Å². The molecule has 3 heteroatoms. The van der Waals surface area contributed by atoms with E-state index < -0.39 is 0 Å². The smallest absolute Gasteiger partial charge is 0.124 e. The van der Waals surface area contributed by atoms with E-state index in [1.165, 1.54) is 49.8 Å². The second-order valence-corrected chi connectivity index (χ2v) is 8.03. The van der Waals surface area contributed by atoms with Gasteiger partial charge < -0.3 is 5.73 Å². The Kier molecular flexibility index (Phi) is 2.09. The fourth-order valence-electron chi connectivity index (χ4n) is 6.14. The molecule has 0 saturated heterocycles. The Bertz CT molecular complexity index is 528. The Labute approximate surface area is 115 Å². The van der Waals surface area contributed by atoms with Gasteiger partial charge in [0.2, 0.25) is 0 Å². The van der Waals surface area contributed by atoms with Crippen molar-refractivity contribution in [2.45, 2.75) is 57.8 Å². The van der Waals surface area contributed by atoms with Gasteiger partial charge in [0.05, 0.1) is 5.69 Å². The van der Waals surface area contributed by atoms with Gasteiger partial charge in [-0.25, -0.2) is 0 Å². The van der Waals surface area contributed by atoms with Gasteiger partial charge in [-0.1, -0.05) is 6.92 Å². The number of nitrogen functional groups attached to an aromatic ring is 1. The Balaban J connectivity index is 1.83. The summed E-state index contributed by atoms with van der Waals surface area (Å²) in [4.78, 5) is 0. The van der Waals surface area contributed by atoms with Crippen LogP contribution in [-0.4, -0.2) is 9.78 Å². The van der Waals surface area contributed by atoms with Crippen molar-refractivity contribution in [3.8, 4) is 0 Å². The molecule has 4 saturated carbocycles. The Morgan fingerprint density at radius 1 is 1.21 bits per heavy atom. The van der Waals surface area contributed by atoms with Crippen LogP contribution >= 0.6 is 0 Å². The molecule has 4 bridgehead atoms. The van der Waals surface area contributed by atoms with E-state index in [0.717, 1.165) is 17.7 Å². The van der Waals surface area contributed by atoms with E-state index >= 15 is 0 Å². The summed E-state index contributed by atoms with van der Waals surface area (Å²) in [6.45, 7) is 4.68. The summed E-state index contributed by atoms with van der Waals surface area (Å²) in [6.07, 6.45) is 8.43. The van der Waals surface area contributed by atoms with Crippen LogP contribution in [0.5, 0.6) is 0 Å². The lowest BCUT2D eigenvalue weighted by Crippen LogP contribution is -2.53. The zero-order chi connectivity index (χ0) is 13.4. The summed E-state index contributed by atoms with van der Waals surface area (Å²) in [5.41, 5.74) is 9.64. The van der Waals surface area contributed by atoms with Crippen LogP contribution in [0.2, 0.25) is 0 Å². The average molecular weight is 259 g/mol. The molecule has 1 aromatic rings. The highest BCUT2D eigenvalue weighted by atomic mass is 15.3. The molecule has 2 atom stereocenters. The van der Waals surface area contributed by atoms with Crippen LogP contribution in [0, 0.1) is 24.2 Å². The number of hydrogen-bond acceptors (Lipinski definition) is 2. The van der Waals surface area contributed by atoms with Crippen molar-refractivity contribution in [1.29, 1.82) is 0 Å². The summed E-state index contributed by atoms with van der Waals surface area (Å²) in [6, 6.07) is 0. The number of hydrogen-bond donors (Lipinski definition) is 1. The van der Waals surface area contributed by atoms with Gasteiger partial charge in [0.25, 0.3) is 0 Å². The summed E-state index contributed by atoms with van der Waals surface area (Å²) < 4.78 is 1.88. The van der Waals surface area contributed by atoms with Crippen LogP contribution in [0.4, 0.5) is 5.82 Å². The maximum atomic E-state index is 6.15. The molecule has 0 radical (unpaired) electrons. The lowest BCUT2D eigenvalue weighted by Gasteiger charge is -2.61. The van der Waals surface area contributed by atoms with E-state index in [4.69, 9.17) is 10.8 Å². The standard InChI is InChI=1S/C16H25N3/c1-10-13(18-19(3)14(10)17)16-7-11-4-12(8-16)6-15(2,5-11)9-16/h11-12H,4-9,17H2,1-3H3. The predicted molar refractivity (Wildman–Crippen MR) is 76.8 cm³/mol. The minimum absolute atomic E-state index is 0.346. The Morgan fingerprint density at radius 3 is 2.32 bits per heavy atom. The monoisotopic (exact) mass is 259 g/mol. The Morgan fingerprint density at radius 2 is 1.84 bits per heavy atom. The topological polar surface area (TPSA) is 43.8 Å². The fourth-order valence-corrected chi connectivity index (χ4v) is 6.14. The second kappa shape index (κ2) is 3.36. The van der Waals surface area contributed by atoms with E-state index in [0.29, 0.717) is 10.8 Å². The third-order valence-electron chi connectivity index (χ3n) is 6.19. The molecule has 2 unspecified atom stereocenters. The summed E-state index contributed by atoms with van der Waals surface area (Å²) >= 11 is 0. The molecular formula is C16H25N3. The fraction of sp³-hybridized carbons (Fsp3) is 0.812. The number of nitrogens with zero attached hydrogens (tertiary/aromatic N) is 2.